The number of hydrogen-bond donors (Lipinski definition) is 1. The average Bonchev–Trinajstić information content (AvgIpc) is 2.91. The van der Waals surface area contributed by atoms with Crippen molar-refractivity contribution in [3.8, 4) is 0 Å². The number of likely N-dealkylation sites (tertiary alicyclic amines) is 1. The van der Waals surface area contributed by atoms with Gasteiger partial charge in [-0.05, 0) is 51.7 Å². The second-order valence-electron chi connectivity index (χ2n) is 6.82. The highest BCUT2D eigenvalue weighted by Crippen LogP contribution is 2.21. The van der Waals surface area contributed by atoms with E-state index < -0.39 is 10.0 Å². The highest BCUT2D eigenvalue weighted by atomic mass is 32.2. The van der Waals surface area contributed by atoms with E-state index in [1.807, 2.05) is 6.92 Å². The Bertz CT molecular complexity index is 399. The Balaban J connectivity index is 1.69. The molecule has 0 aromatic heterocycles. The van der Waals surface area contributed by atoms with E-state index in [9.17, 15) is 8.42 Å². The number of nitrogens with zero attached hydrogens (tertiary/aromatic N) is 1. The van der Waals surface area contributed by atoms with Crippen LogP contribution in [0.1, 0.15) is 45.4 Å². The molecule has 0 amide bonds. The van der Waals surface area contributed by atoms with Gasteiger partial charge in [0.05, 0.1) is 18.5 Å². The highest BCUT2D eigenvalue weighted by Gasteiger charge is 2.24. The molecule has 0 radical (unpaired) electrons. The zero-order valence-corrected chi connectivity index (χ0v) is 14.2. The Kier molecular flexibility index (Phi) is 6.47. The monoisotopic (exact) mass is 318 g/mol. The van der Waals surface area contributed by atoms with E-state index >= 15 is 0 Å². The number of hydrogen-bond acceptors (Lipinski definition) is 4. The first-order valence-electron chi connectivity index (χ1n) is 8.25. The third-order valence-electron chi connectivity index (χ3n) is 4.49. The molecule has 124 valence electrons. The minimum absolute atomic E-state index is 0.0503. The summed E-state index contributed by atoms with van der Waals surface area (Å²) in [4.78, 5) is 2.24. The number of ether oxygens (including phenoxy) is 1. The summed E-state index contributed by atoms with van der Waals surface area (Å²) in [6.45, 7) is 4.45. The molecule has 2 rings (SSSR count). The Hall–Kier alpha value is -0.170. The lowest BCUT2D eigenvalue weighted by atomic mass is 10.1. The summed E-state index contributed by atoms with van der Waals surface area (Å²) in [6, 6.07) is 0.106. The molecular formula is C15H30N2O3S. The van der Waals surface area contributed by atoms with Crippen molar-refractivity contribution in [2.24, 2.45) is 5.92 Å². The van der Waals surface area contributed by atoms with E-state index in [1.165, 1.54) is 12.8 Å². The summed E-state index contributed by atoms with van der Waals surface area (Å²) in [7, 11) is -1.12. The number of piperidine rings is 1. The molecule has 1 saturated carbocycles. The smallest absolute Gasteiger partial charge is 0.212 e. The Morgan fingerprint density at radius 3 is 2.43 bits per heavy atom. The van der Waals surface area contributed by atoms with Crippen LogP contribution in [0.2, 0.25) is 0 Å². The van der Waals surface area contributed by atoms with Gasteiger partial charge in [-0.3, -0.25) is 0 Å². The second-order valence-corrected chi connectivity index (χ2v) is 8.62. The molecule has 2 fully saturated rings. The summed E-state index contributed by atoms with van der Waals surface area (Å²) in [5.74, 6) is 0.223. The molecule has 1 unspecified atom stereocenters. The van der Waals surface area contributed by atoms with E-state index in [4.69, 9.17) is 4.74 Å². The number of nitrogens with one attached hydrogen (secondary N) is 1. The SMILES string of the molecule is CC(COC1CCCC1)CS(=O)(=O)NC1CCN(C)CC1. The molecule has 0 aromatic carbocycles. The predicted molar refractivity (Wildman–Crippen MR) is 84.8 cm³/mol. The van der Waals surface area contributed by atoms with Crippen LogP contribution in [0, 0.1) is 5.92 Å². The van der Waals surface area contributed by atoms with Crippen molar-refractivity contribution in [3.63, 3.8) is 0 Å². The van der Waals surface area contributed by atoms with Crippen LogP contribution in [0.4, 0.5) is 0 Å². The number of sulfonamides is 1. The van der Waals surface area contributed by atoms with Crippen molar-refractivity contribution in [2.45, 2.75) is 57.6 Å². The van der Waals surface area contributed by atoms with Crippen LogP contribution in [-0.4, -0.2) is 58.0 Å². The Morgan fingerprint density at radius 1 is 1.19 bits per heavy atom. The van der Waals surface area contributed by atoms with Crippen molar-refractivity contribution in [1.82, 2.24) is 9.62 Å². The molecule has 1 saturated heterocycles. The molecule has 1 aliphatic carbocycles. The fraction of sp³-hybridized carbons (Fsp3) is 1.00. The lowest BCUT2D eigenvalue weighted by molar-refractivity contribution is 0.0412. The minimum atomic E-state index is -3.19. The minimum Gasteiger partial charge on any atom is -0.378 e. The van der Waals surface area contributed by atoms with Crippen LogP contribution >= 0.6 is 0 Å². The topological polar surface area (TPSA) is 58.6 Å². The van der Waals surface area contributed by atoms with E-state index in [0.717, 1.165) is 38.8 Å². The van der Waals surface area contributed by atoms with Gasteiger partial charge in [-0.1, -0.05) is 19.8 Å². The van der Waals surface area contributed by atoms with E-state index in [1.54, 1.807) is 0 Å². The Morgan fingerprint density at radius 2 is 1.81 bits per heavy atom. The first-order valence-corrected chi connectivity index (χ1v) is 9.90. The first-order chi connectivity index (χ1) is 9.94. The van der Waals surface area contributed by atoms with Crippen LogP contribution in [0.15, 0.2) is 0 Å². The molecule has 5 nitrogen and oxygen atoms in total. The van der Waals surface area contributed by atoms with Gasteiger partial charge >= 0.3 is 0 Å². The van der Waals surface area contributed by atoms with Gasteiger partial charge in [0, 0.05) is 6.04 Å². The summed E-state index contributed by atoms with van der Waals surface area (Å²) >= 11 is 0. The standard InChI is InChI=1S/C15H30N2O3S/c1-13(11-20-15-5-3-4-6-15)12-21(18,19)16-14-7-9-17(2)10-8-14/h13-16H,3-12H2,1-2H3. The first kappa shape index (κ1) is 17.2. The van der Waals surface area contributed by atoms with E-state index in [2.05, 4.69) is 16.7 Å². The van der Waals surface area contributed by atoms with E-state index in [0.29, 0.717) is 12.7 Å². The molecule has 21 heavy (non-hydrogen) atoms. The highest BCUT2D eigenvalue weighted by molar-refractivity contribution is 7.89. The van der Waals surface area contributed by atoms with Crippen LogP contribution in [0.5, 0.6) is 0 Å². The van der Waals surface area contributed by atoms with Gasteiger partial charge in [-0.2, -0.15) is 0 Å². The molecule has 0 spiro atoms. The van der Waals surface area contributed by atoms with Gasteiger partial charge in [-0.15, -0.1) is 0 Å². The molecule has 1 N–H and O–H groups in total. The molecule has 1 heterocycles. The maximum atomic E-state index is 12.2. The molecule has 0 aromatic rings. The van der Waals surface area contributed by atoms with Gasteiger partial charge in [0.15, 0.2) is 0 Å². The van der Waals surface area contributed by atoms with Gasteiger partial charge < -0.3 is 9.64 Å². The van der Waals surface area contributed by atoms with Crippen molar-refractivity contribution in [1.29, 1.82) is 0 Å². The van der Waals surface area contributed by atoms with Gasteiger partial charge in [0.25, 0.3) is 0 Å². The summed E-state index contributed by atoms with van der Waals surface area (Å²) < 4.78 is 33.1. The third-order valence-corrected chi connectivity index (χ3v) is 6.19. The normalized spacial score (nSPS) is 24.5. The largest absolute Gasteiger partial charge is 0.378 e. The second kappa shape index (κ2) is 7.90. The molecule has 1 atom stereocenters. The third kappa shape index (κ3) is 6.22. The maximum absolute atomic E-state index is 12.2. The zero-order chi connectivity index (χ0) is 15.3. The van der Waals surface area contributed by atoms with Crippen LogP contribution in [0.25, 0.3) is 0 Å². The van der Waals surface area contributed by atoms with Gasteiger partial charge in [0.2, 0.25) is 10.0 Å². The predicted octanol–water partition coefficient (Wildman–Crippen LogP) is 1.60. The number of rotatable bonds is 7. The van der Waals surface area contributed by atoms with Crippen LogP contribution < -0.4 is 4.72 Å². The van der Waals surface area contributed by atoms with Gasteiger partial charge in [0.1, 0.15) is 0 Å². The van der Waals surface area contributed by atoms with Crippen molar-refractivity contribution < 1.29 is 13.2 Å². The van der Waals surface area contributed by atoms with Crippen LogP contribution in [-0.2, 0) is 14.8 Å². The summed E-state index contributed by atoms with van der Waals surface area (Å²) in [5, 5.41) is 0. The molecule has 2 aliphatic rings. The summed E-state index contributed by atoms with van der Waals surface area (Å²) in [6.07, 6.45) is 6.92. The maximum Gasteiger partial charge on any atom is 0.212 e. The van der Waals surface area contributed by atoms with Crippen molar-refractivity contribution in [2.75, 3.05) is 32.5 Å². The van der Waals surface area contributed by atoms with Gasteiger partial charge in [-0.25, -0.2) is 13.1 Å². The van der Waals surface area contributed by atoms with Crippen molar-refractivity contribution in [3.05, 3.63) is 0 Å². The van der Waals surface area contributed by atoms with E-state index in [-0.39, 0.29) is 17.7 Å². The molecule has 6 heteroatoms. The van der Waals surface area contributed by atoms with Crippen LogP contribution in [0.3, 0.4) is 0 Å². The summed E-state index contributed by atoms with van der Waals surface area (Å²) in [5.41, 5.74) is 0. The molecule has 1 aliphatic heterocycles. The lowest BCUT2D eigenvalue weighted by Gasteiger charge is -2.29. The fourth-order valence-electron chi connectivity index (χ4n) is 3.21. The molecule has 0 bridgehead atoms. The fourth-order valence-corrected chi connectivity index (χ4v) is 4.89. The zero-order valence-electron chi connectivity index (χ0n) is 13.4. The Labute approximate surface area is 129 Å². The molecular weight excluding hydrogens is 288 g/mol. The lowest BCUT2D eigenvalue weighted by Crippen LogP contribution is -2.44. The average molecular weight is 318 g/mol. The van der Waals surface area contributed by atoms with Crippen molar-refractivity contribution >= 4 is 10.0 Å². The quantitative estimate of drug-likeness (QED) is 0.774.